The molecule has 0 aliphatic carbocycles. The molecule has 2 N–H and O–H groups in total. The van der Waals surface area contributed by atoms with E-state index in [0.717, 1.165) is 27.2 Å². The Hall–Kier alpha value is -4.72. The van der Waals surface area contributed by atoms with Crippen LogP contribution in [0.15, 0.2) is 66.2 Å². The van der Waals surface area contributed by atoms with Crippen molar-refractivity contribution in [3.05, 3.63) is 94.1 Å². The quantitative estimate of drug-likeness (QED) is 0.382. The summed E-state index contributed by atoms with van der Waals surface area (Å²) in [6.07, 6.45) is 1.36. The highest BCUT2D eigenvalue weighted by Gasteiger charge is 2.37. The maximum absolute atomic E-state index is 13.3. The molecule has 0 saturated carbocycles. The predicted molar refractivity (Wildman–Crippen MR) is 141 cm³/mol. The van der Waals surface area contributed by atoms with Crippen molar-refractivity contribution in [1.82, 2.24) is 5.32 Å². The highest BCUT2D eigenvalue weighted by molar-refractivity contribution is 6.39. The van der Waals surface area contributed by atoms with E-state index >= 15 is 0 Å². The third-order valence-corrected chi connectivity index (χ3v) is 6.10. The third-order valence-electron chi connectivity index (χ3n) is 6.10. The van der Waals surface area contributed by atoms with Crippen molar-refractivity contribution in [2.24, 2.45) is 0 Å². The second-order valence-corrected chi connectivity index (χ2v) is 8.92. The van der Waals surface area contributed by atoms with E-state index in [9.17, 15) is 19.2 Å². The molecule has 3 aromatic rings. The lowest BCUT2D eigenvalue weighted by molar-refractivity contribution is -0.122. The number of nitrogens with zero attached hydrogens (tertiary/aromatic N) is 1. The van der Waals surface area contributed by atoms with Crippen molar-refractivity contribution in [3.63, 3.8) is 0 Å². The molecular formula is C29H27N3O5. The Bertz CT molecular complexity index is 1460. The molecule has 188 valence electrons. The Kier molecular flexibility index (Phi) is 7.20. The van der Waals surface area contributed by atoms with Crippen LogP contribution in [0, 0.1) is 27.7 Å². The number of ether oxygens (including phenoxy) is 1. The van der Waals surface area contributed by atoms with Crippen LogP contribution in [-0.2, 0) is 14.4 Å². The van der Waals surface area contributed by atoms with Crippen molar-refractivity contribution in [1.29, 1.82) is 0 Å². The van der Waals surface area contributed by atoms with Crippen LogP contribution in [-0.4, -0.2) is 30.4 Å². The predicted octanol–water partition coefficient (Wildman–Crippen LogP) is 4.60. The molecule has 4 rings (SSSR count). The van der Waals surface area contributed by atoms with Gasteiger partial charge in [-0.15, -0.1) is 0 Å². The average Bonchev–Trinajstić information content (AvgIpc) is 2.85. The number of carbonyl (C=O) groups excluding carboxylic acids is 4. The van der Waals surface area contributed by atoms with Crippen molar-refractivity contribution in [2.75, 3.05) is 16.8 Å². The number of hydrogen-bond donors (Lipinski definition) is 2. The number of imide groups is 2. The molecule has 3 aromatic carbocycles. The summed E-state index contributed by atoms with van der Waals surface area (Å²) in [5.41, 5.74) is 5.09. The van der Waals surface area contributed by atoms with Crippen LogP contribution >= 0.6 is 0 Å². The van der Waals surface area contributed by atoms with E-state index in [1.165, 1.54) is 6.08 Å². The fourth-order valence-corrected chi connectivity index (χ4v) is 3.84. The number of anilines is 2. The van der Waals surface area contributed by atoms with Gasteiger partial charge in [-0.2, -0.15) is 0 Å². The molecule has 8 heteroatoms. The lowest BCUT2D eigenvalue weighted by Gasteiger charge is -2.27. The minimum absolute atomic E-state index is 0.228. The van der Waals surface area contributed by atoms with E-state index in [2.05, 4.69) is 10.6 Å². The smallest absolute Gasteiger partial charge is 0.335 e. The normalized spacial score (nSPS) is 14.5. The summed E-state index contributed by atoms with van der Waals surface area (Å²) in [7, 11) is 0. The number of para-hydroxylation sites is 1. The zero-order valence-corrected chi connectivity index (χ0v) is 21.0. The summed E-state index contributed by atoms with van der Waals surface area (Å²) in [6, 6.07) is 16.8. The monoisotopic (exact) mass is 497 g/mol. The van der Waals surface area contributed by atoms with Gasteiger partial charge in [0.2, 0.25) is 0 Å². The Morgan fingerprint density at radius 3 is 2.41 bits per heavy atom. The number of hydrogen-bond acceptors (Lipinski definition) is 5. The minimum Gasteiger partial charge on any atom is -0.483 e. The number of amides is 5. The second-order valence-electron chi connectivity index (χ2n) is 8.92. The zero-order chi connectivity index (χ0) is 26.7. The fraction of sp³-hybridized carbons (Fsp3) is 0.172. The fourth-order valence-electron chi connectivity index (χ4n) is 3.84. The summed E-state index contributed by atoms with van der Waals surface area (Å²) in [5, 5.41) is 5.06. The molecule has 1 aliphatic rings. The molecule has 0 radical (unpaired) electrons. The molecule has 1 aliphatic heterocycles. The van der Waals surface area contributed by atoms with Gasteiger partial charge in [0.25, 0.3) is 17.7 Å². The molecule has 1 fully saturated rings. The van der Waals surface area contributed by atoms with Crippen molar-refractivity contribution < 1.29 is 23.9 Å². The zero-order valence-electron chi connectivity index (χ0n) is 21.0. The molecular weight excluding hydrogens is 470 g/mol. The van der Waals surface area contributed by atoms with Crippen LogP contribution in [0.4, 0.5) is 16.2 Å². The number of barbiturate groups is 1. The van der Waals surface area contributed by atoms with Gasteiger partial charge in [0.1, 0.15) is 11.3 Å². The first-order valence-electron chi connectivity index (χ1n) is 11.7. The number of aryl methyl sites for hydroxylation is 4. The molecule has 8 nitrogen and oxygen atoms in total. The Morgan fingerprint density at radius 1 is 0.919 bits per heavy atom. The van der Waals surface area contributed by atoms with Gasteiger partial charge in [0.05, 0.1) is 5.69 Å². The SMILES string of the molecule is Cc1ccc(C)c(NC(=O)COc2ccccc2/C=C2/C(=O)NC(=O)N(c3ccc(C)c(C)c3)C2=O)c1. The molecule has 0 aromatic heterocycles. The summed E-state index contributed by atoms with van der Waals surface area (Å²) in [4.78, 5) is 51.8. The standard InChI is InChI=1S/C29H27N3O5/c1-17-9-10-19(3)24(13-17)30-26(33)16-37-25-8-6-5-7-21(25)15-23-27(34)31-29(36)32(28(23)35)22-12-11-18(2)20(4)14-22/h5-15H,16H2,1-4H3,(H,30,33)(H,31,34,36)/b23-15-. The number of rotatable bonds is 6. The molecule has 0 unspecified atom stereocenters. The van der Waals surface area contributed by atoms with Crippen molar-refractivity contribution in [3.8, 4) is 5.75 Å². The van der Waals surface area contributed by atoms with Crippen molar-refractivity contribution >= 4 is 41.2 Å². The van der Waals surface area contributed by atoms with Crippen LogP contribution in [0.25, 0.3) is 6.08 Å². The third kappa shape index (κ3) is 5.59. The van der Waals surface area contributed by atoms with E-state index in [0.29, 0.717) is 22.7 Å². The molecule has 37 heavy (non-hydrogen) atoms. The van der Waals surface area contributed by atoms with E-state index in [1.54, 1.807) is 42.5 Å². The first-order chi connectivity index (χ1) is 17.6. The molecule has 1 heterocycles. The maximum atomic E-state index is 13.3. The van der Waals surface area contributed by atoms with Crippen LogP contribution in [0.1, 0.15) is 27.8 Å². The number of urea groups is 1. The number of nitrogens with one attached hydrogen (secondary N) is 2. The summed E-state index contributed by atoms with van der Waals surface area (Å²) < 4.78 is 5.73. The van der Waals surface area contributed by atoms with Gasteiger partial charge in [0, 0.05) is 11.3 Å². The number of benzene rings is 3. The van der Waals surface area contributed by atoms with Crippen LogP contribution in [0.5, 0.6) is 5.75 Å². The van der Waals surface area contributed by atoms with Crippen LogP contribution in [0.2, 0.25) is 0 Å². The summed E-state index contributed by atoms with van der Waals surface area (Å²) >= 11 is 0. The first-order valence-corrected chi connectivity index (χ1v) is 11.7. The van der Waals surface area contributed by atoms with Crippen molar-refractivity contribution in [2.45, 2.75) is 27.7 Å². The van der Waals surface area contributed by atoms with Gasteiger partial charge in [-0.3, -0.25) is 19.7 Å². The Balaban J connectivity index is 1.56. The van der Waals surface area contributed by atoms with E-state index < -0.39 is 17.8 Å². The second kappa shape index (κ2) is 10.5. The van der Waals surface area contributed by atoms with Crippen LogP contribution < -0.4 is 20.3 Å². The lowest BCUT2D eigenvalue weighted by Crippen LogP contribution is -2.54. The lowest BCUT2D eigenvalue weighted by atomic mass is 10.0. The van der Waals surface area contributed by atoms with E-state index in [1.807, 2.05) is 45.9 Å². The van der Waals surface area contributed by atoms with Gasteiger partial charge in [-0.05, 0) is 80.3 Å². The number of carbonyl (C=O) groups is 4. The van der Waals surface area contributed by atoms with Crippen LogP contribution in [0.3, 0.4) is 0 Å². The topological polar surface area (TPSA) is 105 Å². The summed E-state index contributed by atoms with van der Waals surface area (Å²) in [5.74, 6) is -1.60. The van der Waals surface area contributed by atoms with E-state index in [-0.39, 0.29) is 18.1 Å². The molecule has 0 bridgehead atoms. The van der Waals surface area contributed by atoms with E-state index in [4.69, 9.17) is 4.74 Å². The van der Waals surface area contributed by atoms with Gasteiger partial charge in [0.15, 0.2) is 6.61 Å². The summed E-state index contributed by atoms with van der Waals surface area (Å²) in [6.45, 7) is 7.35. The highest BCUT2D eigenvalue weighted by Crippen LogP contribution is 2.27. The molecule has 0 atom stereocenters. The molecule has 5 amide bonds. The molecule has 1 saturated heterocycles. The Labute approximate surface area is 214 Å². The van der Waals surface area contributed by atoms with Gasteiger partial charge >= 0.3 is 6.03 Å². The average molecular weight is 498 g/mol. The first kappa shape index (κ1) is 25.4. The Morgan fingerprint density at radius 2 is 1.65 bits per heavy atom. The molecule has 0 spiro atoms. The van der Waals surface area contributed by atoms with Gasteiger partial charge < -0.3 is 10.1 Å². The largest absolute Gasteiger partial charge is 0.483 e. The van der Waals surface area contributed by atoms with Gasteiger partial charge in [-0.25, -0.2) is 9.69 Å². The van der Waals surface area contributed by atoms with Gasteiger partial charge in [-0.1, -0.05) is 36.4 Å². The maximum Gasteiger partial charge on any atom is 0.335 e. The highest BCUT2D eigenvalue weighted by atomic mass is 16.5. The minimum atomic E-state index is -0.817.